The fourth-order valence-corrected chi connectivity index (χ4v) is 7.31. The number of hydrogen-bond donors (Lipinski definition) is 1. The van der Waals surface area contributed by atoms with Crippen LogP contribution in [0, 0.1) is 5.92 Å². The minimum Gasteiger partial charge on any atom is -0.496 e. The molecule has 1 unspecified atom stereocenters. The molecule has 5 nitrogen and oxygen atoms in total. The monoisotopic (exact) mass is 487 g/mol. The number of benzene rings is 2. The van der Waals surface area contributed by atoms with Crippen LogP contribution in [0.2, 0.25) is 0 Å². The van der Waals surface area contributed by atoms with E-state index in [1.807, 2.05) is 18.2 Å². The van der Waals surface area contributed by atoms with Gasteiger partial charge in [0.15, 0.2) is 0 Å². The lowest BCUT2D eigenvalue weighted by molar-refractivity contribution is 0.319. The summed E-state index contributed by atoms with van der Waals surface area (Å²) < 4.78 is 7.42. The van der Waals surface area contributed by atoms with Crippen molar-refractivity contribution in [3.63, 3.8) is 0 Å². The summed E-state index contributed by atoms with van der Waals surface area (Å²) in [5, 5.41) is 6.94. The molecule has 2 heterocycles. The Hall–Kier alpha value is -2.70. The van der Waals surface area contributed by atoms with Gasteiger partial charge >= 0.3 is 0 Å². The van der Waals surface area contributed by atoms with Gasteiger partial charge in [0, 0.05) is 16.5 Å². The highest BCUT2D eigenvalue weighted by atomic mass is 32.1. The van der Waals surface area contributed by atoms with E-state index in [4.69, 9.17) is 9.72 Å². The zero-order valence-electron chi connectivity index (χ0n) is 20.4. The molecule has 1 atom stereocenters. The summed E-state index contributed by atoms with van der Waals surface area (Å²) in [6.45, 7) is 1.59. The third kappa shape index (κ3) is 4.38. The van der Waals surface area contributed by atoms with Crippen molar-refractivity contribution < 1.29 is 4.74 Å². The van der Waals surface area contributed by atoms with E-state index in [1.54, 1.807) is 29.3 Å². The number of ether oxygens (including phenoxy) is 1. The van der Waals surface area contributed by atoms with Gasteiger partial charge in [0.05, 0.1) is 25.4 Å². The maximum atomic E-state index is 13.7. The highest BCUT2D eigenvalue weighted by Crippen LogP contribution is 2.34. The van der Waals surface area contributed by atoms with Crippen LogP contribution in [0.1, 0.15) is 54.5 Å². The Kier molecular flexibility index (Phi) is 6.33. The Morgan fingerprint density at radius 3 is 2.83 bits per heavy atom. The van der Waals surface area contributed by atoms with Crippen molar-refractivity contribution in [2.75, 3.05) is 13.7 Å². The van der Waals surface area contributed by atoms with Crippen molar-refractivity contribution in [1.29, 1.82) is 0 Å². The first-order valence-electron chi connectivity index (χ1n) is 13.0. The maximum absolute atomic E-state index is 13.7. The normalized spacial score (nSPS) is 18.7. The van der Waals surface area contributed by atoms with Gasteiger partial charge in [-0.3, -0.25) is 9.36 Å². The lowest BCUT2D eigenvalue weighted by Crippen LogP contribution is -2.37. The van der Waals surface area contributed by atoms with E-state index in [0.717, 1.165) is 64.0 Å². The van der Waals surface area contributed by atoms with Crippen LogP contribution in [0.3, 0.4) is 0 Å². The second kappa shape index (κ2) is 9.75. The SMILES string of the molecule is COc1ccc2ccccc2c1Cn1cnc2sc3c(c2c1=O)CCC(NCC1CCCCC1)C3. The van der Waals surface area contributed by atoms with Crippen LogP contribution in [-0.2, 0) is 19.4 Å². The average Bonchev–Trinajstić information content (AvgIpc) is 3.28. The van der Waals surface area contributed by atoms with Gasteiger partial charge in [0.2, 0.25) is 0 Å². The molecule has 0 aliphatic heterocycles. The Morgan fingerprint density at radius 2 is 1.97 bits per heavy atom. The van der Waals surface area contributed by atoms with Gasteiger partial charge < -0.3 is 10.1 Å². The van der Waals surface area contributed by atoms with Crippen molar-refractivity contribution in [3.8, 4) is 5.75 Å². The summed E-state index contributed by atoms with van der Waals surface area (Å²) in [6, 6.07) is 12.8. The highest BCUT2D eigenvalue weighted by molar-refractivity contribution is 7.18. The van der Waals surface area contributed by atoms with Crippen molar-refractivity contribution in [2.45, 2.75) is 64.0 Å². The van der Waals surface area contributed by atoms with Crippen LogP contribution in [0.25, 0.3) is 21.0 Å². The van der Waals surface area contributed by atoms with Gasteiger partial charge in [-0.2, -0.15) is 0 Å². The quantitative estimate of drug-likeness (QED) is 0.379. The summed E-state index contributed by atoms with van der Waals surface area (Å²) in [4.78, 5) is 20.7. The van der Waals surface area contributed by atoms with Gasteiger partial charge in [0.1, 0.15) is 10.6 Å². The standard InChI is InChI=1S/C29H33N3O2S/c1-34-25-14-11-20-9-5-6-10-22(20)24(25)17-32-18-31-28-27(29(32)33)23-13-12-21(15-26(23)35-28)30-16-19-7-3-2-4-8-19/h5-6,9-11,14,18-19,21,30H,2-4,7-8,12-13,15-17H2,1H3. The minimum atomic E-state index is 0.0658. The lowest BCUT2D eigenvalue weighted by atomic mass is 9.88. The van der Waals surface area contributed by atoms with Crippen molar-refractivity contribution in [1.82, 2.24) is 14.9 Å². The Balaban J connectivity index is 1.28. The third-order valence-electron chi connectivity index (χ3n) is 8.00. The number of rotatable bonds is 6. The number of nitrogens with one attached hydrogen (secondary N) is 1. The zero-order chi connectivity index (χ0) is 23.8. The fourth-order valence-electron chi connectivity index (χ4n) is 6.05. The molecule has 0 spiro atoms. The van der Waals surface area contributed by atoms with E-state index in [0.29, 0.717) is 12.6 Å². The van der Waals surface area contributed by atoms with Crippen molar-refractivity contribution in [3.05, 3.63) is 69.1 Å². The van der Waals surface area contributed by atoms with Gasteiger partial charge in [-0.1, -0.05) is 49.6 Å². The largest absolute Gasteiger partial charge is 0.496 e. The van der Waals surface area contributed by atoms with Crippen LogP contribution < -0.4 is 15.6 Å². The van der Waals surface area contributed by atoms with Crippen LogP contribution in [-0.4, -0.2) is 29.2 Å². The molecule has 2 aliphatic rings. The molecule has 0 radical (unpaired) electrons. The number of hydrogen-bond acceptors (Lipinski definition) is 5. The first-order valence-corrected chi connectivity index (χ1v) is 13.8. The Morgan fingerprint density at radius 1 is 1.11 bits per heavy atom. The molecule has 4 aromatic rings. The van der Waals surface area contributed by atoms with E-state index >= 15 is 0 Å². The molecular weight excluding hydrogens is 454 g/mol. The van der Waals surface area contributed by atoms with E-state index in [2.05, 4.69) is 23.5 Å². The Labute approximate surface area is 210 Å². The number of fused-ring (bicyclic) bond motifs is 4. The fraction of sp³-hybridized carbons (Fsp3) is 0.448. The first-order chi connectivity index (χ1) is 17.2. The molecule has 1 N–H and O–H groups in total. The predicted octanol–water partition coefficient (Wildman–Crippen LogP) is 5.70. The molecule has 2 aromatic heterocycles. The molecule has 2 aliphatic carbocycles. The second-order valence-corrected chi connectivity index (χ2v) is 11.3. The summed E-state index contributed by atoms with van der Waals surface area (Å²) in [7, 11) is 1.69. The van der Waals surface area contributed by atoms with Crippen LogP contribution in [0.15, 0.2) is 47.5 Å². The average molecular weight is 488 g/mol. The summed E-state index contributed by atoms with van der Waals surface area (Å²) in [6.07, 6.45) is 11.7. The van der Waals surface area contributed by atoms with Crippen LogP contribution >= 0.6 is 11.3 Å². The van der Waals surface area contributed by atoms with Gasteiger partial charge in [-0.25, -0.2) is 4.98 Å². The van der Waals surface area contributed by atoms with Crippen molar-refractivity contribution >= 4 is 32.3 Å². The van der Waals surface area contributed by atoms with E-state index in [1.165, 1.54) is 42.5 Å². The lowest BCUT2D eigenvalue weighted by Gasteiger charge is -2.27. The molecule has 1 saturated carbocycles. The van der Waals surface area contributed by atoms with Crippen molar-refractivity contribution in [2.24, 2.45) is 5.92 Å². The maximum Gasteiger partial charge on any atom is 0.262 e. The van der Waals surface area contributed by atoms with Gasteiger partial charge in [0.25, 0.3) is 5.56 Å². The number of thiophene rings is 1. The molecular formula is C29H33N3O2S. The Bertz CT molecular complexity index is 1420. The minimum absolute atomic E-state index is 0.0658. The molecule has 182 valence electrons. The van der Waals surface area contributed by atoms with Gasteiger partial charge in [-0.15, -0.1) is 11.3 Å². The van der Waals surface area contributed by atoms with Gasteiger partial charge in [-0.05, 0) is 67.0 Å². The topological polar surface area (TPSA) is 56.2 Å². The van der Waals surface area contributed by atoms with Crippen LogP contribution in [0.5, 0.6) is 5.75 Å². The van der Waals surface area contributed by atoms with E-state index in [9.17, 15) is 4.79 Å². The molecule has 35 heavy (non-hydrogen) atoms. The number of nitrogens with zero attached hydrogens (tertiary/aromatic N) is 2. The predicted molar refractivity (Wildman–Crippen MR) is 144 cm³/mol. The molecule has 2 aromatic carbocycles. The molecule has 6 heteroatoms. The molecule has 0 bridgehead atoms. The molecule has 6 rings (SSSR count). The summed E-state index contributed by atoms with van der Waals surface area (Å²) in [5.74, 6) is 1.64. The summed E-state index contributed by atoms with van der Waals surface area (Å²) in [5.41, 5.74) is 2.32. The smallest absolute Gasteiger partial charge is 0.262 e. The highest BCUT2D eigenvalue weighted by Gasteiger charge is 2.26. The first kappa shape index (κ1) is 22.7. The number of aromatic nitrogens is 2. The number of aryl methyl sites for hydroxylation is 1. The zero-order valence-corrected chi connectivity index (χ0v) is 21.2. The number of methoxy groups -OCH3 is 1. The molecule has 0 saturated heterocycles. The van der Waals surface area contributed by atoms with E-state index < -0.39 is 0 Å². The summed E-state index contributed by atoms with van der Waals surface area (Å²) >= 11 is 1.72. The van der Waals surface area contributed by atoms with E-state index in [-0.39, 0.29) is 5.56 Å². The second-order valence-electron chi connectivity index (χ2n) is 10.2. The molecule has 0 amide bonds. The third-order valence-corrected chi connectivity index (χ3v) is 9.16. The van der Waals surface area contributed by atoms with Crippen LogP contribution in [0.4, 0.5) is 0 Å². The molecule has 1 fully saturated rings.